The fourth-order valence-electron chi connectivity index (χ4n) is 2.78. The van der Waals surface area contributed by atoms with Crippen LogP contribution in [0, 0.1) is 0 Å². The van der Waals surface area contributed by atoms with Crippen molar-refractivity contribution in [3.05, 3.63) is 71.4 Å². The van der Waals surface area contributed by atoms with Gasteiger partial charge in [-0.05, 0) is 23.8 Å². The van der Waals surface area contributed by atoms with Crippen LogP contribution < -0.4 is 5.32 Å². The highest BCUT2D eigenvalue weighted by atomic mass is 19.3. The fraction of sp³-hybridized carbons (Fsp3) is 0.158. The second kappa shape index (κ2) is 7.35. The maximum Gasteiger partial charge on any atom is 0.326 e. The van der Waals surface area contributed by atoms with Gasteiger partial charge in [-0.25, -0.2) is 13.6 Å². The Morgan fingerprint density at radius 2 is 1.88 bits per heavy atom. The molecule has 0 unspecified atom stereocenters. The predicted octanol–water partition coefficient (Wildman–Crippen LogP) is 3.53. The zero-order chi connectivity index (χ0) is 18.7. The quantitative estimate of drug-likeness (QED) is 0.630. The first-order chi connectivity index (χ1) is 12.5. The molecule has 3 aromatic rings. The van der Waals surface area contributed by atoms with Gasteiger partial charge in [0.05, 0.1) is 0 Å². The topological polar surface area (TPSA) is 82.2 Å². The zero-order valence-electron chi connectivity index (χ0n) is 13.6. The summed E-state index contributed by atoms with van der Waals surface area (Å²) < 4.78 is 25.5. The number of nitrogens with one attached hydrogen (secondary N) is 2. The van der Waals surface area contributed by atoms with Crippen LogP contribution >= 0.6 is 0 Å². The molecule has 26 heavy (non-hydrogen) atoms. The zero-order valence-corrected chi connectivity index (χ0v) is 13.6. The second-order valence-electron chi connectivity index (χ2n) is 5.85. The van der Waals surface area contributed by atoms with Crippen LogP contribution in [0.2, 0.25) is 0 Å². The first-order valence-corrected chi connectivity index (χ1v) is 7.92. The van der Waals surface area contributed by atoms with E-state index in [1.165, 1.54) is 18.2 Å². The maximum absolute atomic E-state index is 12.8. The van der Waals surface area contributed by atoms with Crippen molar-refractivity contribution in [2.75, 3.05) is 0 Å². The van der Waals surface area contributed by atoms with Crippen LogP contribution in [-0.4, -0.2) is 28.0 Å². The number of rotatable bonds is 6. The molecule has 3 N–H and O–H groups in total. The molecule has 5 nitrogen and oxygen atoms in total. The Morgan fingerprint density at radius 1 is 1.12 bits per heavy atom. The molecule has 0 saturated carbocycles. The van der Waals surface area contributed by atoms with Gasteiger partial charge in [0.25, 0.3) is 12.3 Å². The smallest absolute Gasteiger partial charge is 0.326 e. The molecule has 2 aromatic carbocycles. The SMILES string of the molecule is O=C(N[C@H](Cc1c[nH]c2ccccc12)C(=O)O)c1cccc(C(F)F)c1. The van der Waals surface area contributed by atoms with Crippen molar-refractivity contribution in [2.24, 2.45) is 0 Å². The van der Waals surface area contributed by atoms with Crippen LogP contribution in [0.5, 0.6) is 0 Å². The number of alkyl halides is 2. The number of para-hydroxylation sites is 1. The maximum atomic E-state index is 12.8. The summed E-state index contributed by atoms with van der Waals surface area (Å²) in [7, 11) is 0. The Balaban J connectivity index is 1.79. The molecule has 1 aromatic heterocycles. The highest BCUT2D eigenvalue weighted by Crippen LogP contribution is 2.21. The number of aliphatic carboxylic acids is 1. The van der Waals surface area contributed by atoms with E-state index < -0.39 is 24.3 Å². The summed E-state index contributed by atoms with van der Waals surface area (Å²) in [5.74, 6) is -1.91. The molecule has 0 aliphatic carbocycles. The van der Waals surface area contributed by atoms with Crippen molar-refractivity contribution in [2.45, 2.75) is 18.9 Å². The predicted molar refractivity (Wildman–Crippen MR) is 92.3 cm³/mol. The number of aromatic amines is 1. The number of carboxylic acids is 1. The average Bonchev–Trinajstić information content (AvgIpc) is 3.04. The number of halogens is 2. The Morgan fingerprint density at radius 3 is 2.62 bits per heavy atom. The molecule has 0 radical (unpaired) electrons. The van der Waals surface area contributed by atoms with Gasteiger partial charge in [0.15, 0.2) is 0 Å². The molecular formula is C19H16F2N2O3. The van der Waals surface area contributed by atoms with E-state index in [0.717, 1.165) is 22.5 Å². The van der Waals surface area contributed by atoms with E-state index in [1.807, 2.05) is 24.3 Å². The summed E-state index contributed by atoms with van der Waals surface area (Å²) in [5, 5.41) is 12.7. The number of fused-ring (bicyclic) bond motifs is 1. The van der Waals surface area contributed by atoms with Gasteiger partial charge >= 0.3 is 5.97 Å². The summed E-state index contributed by atoms with van der Waals surface area (Å²) in [4.78, 5) is 26.9. The molecule has 0 saturated heterocycles. The number of amides is 1. The first-order valence-electron chi connectivity index (χ1n) is 7.92. The molecule has 1 atom stereocenters. The van der Waals surface area contributed by atoms with E-state index in [9.17, 15) is 23.5 Å². The van der Waals surface area contributed by atoms with E-state index in [4.69, 9.17) is 0 Å². The van der Waals surface area contributed by atoms with Crippen molar-refractivity contribution in [3.63, 3.8) is 0 Å². The largest absolute Gasteiger partial charge is 0.480 e. The molecular weight excluding hydrogens is 342 g/mol. The highest BCUT2D eigenvalue weighted by molar-refractivity contribution is 5.97. The van der Waals surface area contributed by atoms with Crippen LogP contribution in [-0.2, 0) is 11.2 Å². The molecule has 1 heterocycles. The normalized spacial score (nSPS) is 12.3. The van der Waals surface area contributed by atoms with Crippen LogP contribution in [0.25, 0.3) is 10.9 Å². The van der Waals surface area contributed by atoms with Crippen LogP contribution in [0.15, 0.2) is 54.7 Å². The summed E-state index contributed by atoms with van der Waals surface area (Å²) in [6, 6.07) is 11.2. The number of aromatic nitrogens is 1. The van der Waals surface area contributed by atoms with Gasteiger partial charge in [0, 0.05) is 34.6 Å². The number of hydrogen-bond acceptors (Lipinski definition) is 2. The minimum absolute atomic E-state index is 0.00650. The van der Waals surface area contributed by atoms with Gasteiger partial charge in [0.1, 0.15) is 6.04 Å². The molecule has 3 rings (SSSR count). The van der Waals surface area contributed by atoms with Crippen molar-refractivity contribution in [3.8, 4) is 0 Å². The first kappa shape index (κ1) is 17.6. The lowest BCUT2D eigenvalue weighted by Crippen LogP contribution is -2.42. The van der Waals surface area contributed by atoms with Gasteiger partial charge in [-0.2, -0.15) is 0 Å². The minimum Gasteiger partial charge on any atom is -0.480 e. The molecule has 1 amide bonds. The standard InChI is InChI=1S/C19H16F2N2O3/c20-17(21)11-4-3-5-12(8-11)18(24)23-16(19(25)26)9-13-10-22-15-7-2-1-6-14(13)15/h1-8,10,16-17,22H,9H2,(H,23,24)(H,25,26)/t16-/m1/s1. The van der Waals surface area contributed by atoms with Crippen LogP contribution in [0.1, 0.15) is 27.9 Å². The van der Waals surface area contributed by atoms with E-state index >= 15 is 0 Å². The number of carbonyl (C=O) groups excluding carboxylic acids is 1. The third-order valence-corrected chi connectivity index (χ3v) is 4.10. The van der Waals surface area contributed by atoms with Gasteiger partial charge in [0.2, 0.25) is 0 Å². The lowest BCUT2D eigenvalue weighted by molar-refractivity contribution is -0.139. The molecule has 7 heteroatoms. The number of benzene rings is 2. The number of carbonyl (C=O) groups is 2. The average molecular weight is 358 g/mol. The Bertz CT molecular complexity index is 953. The summed E-state index contributed by atoms with van der Waals surface area (Å²) in [6.07, 6.45) is -0.937. The minimum atomic E-state index is -2.70. The Kier molecular flexibility index (Phi) is 4.97. The van der Waals surface area contributed by atoms with Crippen LogP contribution in [0.4, 0.5) is 8.78 Å². The highest BCUT2D eigenvalue weighted by Gasteiger charge is 2.23. The third kappa shape index (κ3) is 3.72. The second-order valence-corrected chi connectivity index (χ2v) is 5.85. The monoisotopic (exact) mass is 358 g/mol. The van der Waals surface area contributed by atoms with E-state index in [-0.39, 0.29) is 17.5 Å². The summed E-state index contributed by atoms with van der Waals surface area (Å²) in [5.41, 5.74) is 1.31. The summed E-state index contributed by atoms with van der Waals surface area (Å²) in [6.45, 7) is 0. The van der Waals surface area contributed by atoms with Gasteiger partial charge in [-0.3, -0.25) is 4.79 Å². The van der Waals surface area contributed by atoms with E-state index in [0.29, 0.717) is 0 Å². The summed E-state index contributed by atoms with van der Waals surface area (Å²) >= 11 is 0. The van der Waals surface area contributed by atoms with E-state index in [2.05, 4.69) is 10.3 Å². The van der Waals surface area contributed by atoms with E-state index in [1.54, 1.807) is 6.20 Å². The molecule has 0 fully saturated rings. The lowest BCUT2D eigenvalue weighted by Gasteiger charge is -2.14. The Labute approximate surface area is 147 Å². The third-order valence-electron chi connectivity index (χ3n) is 4.10. The van der Waals surface area contributed by atoms with Gasteiger partial charge in [-0.15, -0.1) is 0 Å². The lowest BCUT2D eigenvalue weighted by atomic mass is 10.0. The molecule has 0 aliphatic rings. The number of carboxylic acid groups (broad SMARTS) is 1. The van der Waals surface area contributed by atoms with Crippen molar-refractivity contribution in [1.82, 2.24) is 10.3 Å². The van der Waals surface area contributed by atoms with Crippen molar-refractivity contribution < 1.29 is 23.5 Å². The number of hydrogen-bond donors (Lipinski definition) is 3. The molecule has 134 valence electrons. The van der Waals surface area contributed by atoms with Crippen molar-refractivity contribution in [1.29, 1.82) is 0 Å². The molecule has 0 aliphatic heterocycles. The molecule has 0 bridgehead atoms. The van der Waals surface area contributed by atoms with Crippen LogP contribution in [0.3, 0.4) is 0 Å². The molecule has 0 spiro atoms. The van der Waals surface area contributed by atoms with Gasteiger partial charge < -0.3 is 15.4 Å². The Hall–Kier alpha value is -3.22. The number of H-pyrrole nitrogens is 1. The van der Waals surface area contributed by atoms with Crippen molar-refractivity contribution >= 4 is 22.8 Å². The fourth-order valence-corrected chi connectivity index (χ4v) is 2.78. The van der Waals surface area contributed by atoms with Gasteiger partial charge in [-0.1, -0.05) is 30.3 Å².